The molecule has 1 aromatic carbocycles. The predicted molar refractivity (Wildman–Crippen MR) is 125 cm³/mol. The number of carbonyl (C=O) groups excluding carboxylic acids is 1. The number of methoxy groups -OCH3 is 1. The Kier molecular flexibility index (Phi) is 6.83. The second kappa shape index (κ2) is 9.93. The van der Waals surface area contributed by atoms with Crippen molar-refractivity contribution in [2.75, 3.05) is 36.6 Å². The lowest BCUT2D eigenvalue weighted by Gasteiger charge is -2.34. The number of benzene rings is 1. The van der Waals surface area contributed by atoms with Crippen molar-refractivity contribution in [2.45, 2.75) is 19.6 Å². The quantitative estimate of drug-likeness (QED) is 0.490. The normalized spacial score (nSPS) is 17.1. The fourth-order valence-corrected chi connectivity index (χ4v) is 4.67. The Bertz CT molecular complexity index is 959. The standard InChI is InChI=1S/C22H26N6O2S/c1-23-16-25-28-15-20-21(11-18(12-24-20)13-26-7-9-31-10-8-26)27(22(28)29)14-17-3-5-19(30-2)6-4-17/h3-6,11-12,16H,1,7-10,13-15H2,2H3/b25-16-. The van der Waals surface area contributed by atoms with Crippen molar-refractivity contribution in [3.63, 3.8) is 0 Å². The minimum absolute atomic E-state index is 0.212. The van der Waals surface area contributed by atoms with Crippen LogP contribution in [0.4, 0.5) is 10.5 Å². The summed E-state index contributed by atoms with van der Waals surface area (Å²) in [5, 5.41) is 5.50. The van der Waals surface area contributed by atoms with E-state index in [4.69, 9.17) is 4.74 Å². The summed E-state index contributed by atoms with van der Waals surface area (Å²) in [6.45, 7) is 7.11. The molecule has 0 bridgehead atoms. The summed E-state index contributed by atoms with van der Waals surface area (Å²) < 4.78 is 5.25. The number of rotatable bonds is 7. The molecule has 2 amide bonds. The van der Waals surface area contributed by atoms with E-state index in [1.165, 1.54) is 11.3 Å². The number of fused-ring (bicyclic) bond motifs is 1. The SMILES string of the molecule is C=N/C=N\N1Cc2ncc(CN3CCSCC3)cc2N(Cc2ccc(OC)cc2)C1=O. The van der Waals surface area contributed by atoms with E-state index < -0.39 is 0 Å². The lowest BCUT2D eigenvalue weighted by molar-refractivity contribution is 0.200. The molecule has 2 aliphatic heterocycles. The highest BCUT2D eigenvalue weighted by Crippen LogP contribution is 2.30. The van der Waals surface area contributed by atoms with E-state index in [1.807, 2.05) is 42.2 Å². The number of thioether (sulfide) groups is 1. The third kappa shape index (κ3) is 5.05. The molecule has 0 N–H and O–H groups in total. The van der Waals surface area contributed by atoms with Gasteiger partial charge in [0.15, 0.2) is 0 Å². The van der Waals surface area contributed by atoms with Gasteiger partial charge in [0.25, 0.3) is 0 Å². The number of aromatic nitrogens is 1. The second-order valence-corrected chi connectivity index (χ2v) is 8.61. The lowest BCUT2D eigenvalue weighted by atomic mass is 10.1. The molecule has 1 saturated heterocycles. The van der Waals surface area contributed by atoms with Gasteiger partial charge < -0.3 is 4.74 Å². The summed E-state index contributed by atoms with van der Waals surface area (Å²) in [7, 11) is 1.64. The van der Waals surface area contributed by atoms with E-state index in [1.54, 1.807) is 12.0 Å². The number of hydrogen-bond donors (Lipinski definition) is 0. The van der Waals surface area contributed by atoms with Gasteiger partial charge in [0, 0.05) is 37.3 Å². The number of amides is 2. The van der Waals surface area contributed by atoms with Crippen molar-refractivity contribution in [2.24, 2.45) is 10.1 Å². The van der Waals surface area contributed by atoms with E-state index in [0.717, 1.165) is 59.4 Å². The molecule has 0 saturated carbocycles. The molecule has 0 atom stereocenters. The van der Waals surface area contributed by atoms with E-state index >= 15 is 0 Å². The van der Waals surface area contributed by atoms with Crippen molar-refractivity contribution >= 4 is 36.5 Å². The summed E-state index contributed by atoms with van der Waals surface area (Å²) in [6, 6.07) is 9.59. The monoisotopic (exact) mass is 438 g/mol. The summed E-state index contributed by atoms with van der Waals surface area (Å²) in [5.41, 5.74) is 3.75. The lowest BCUT2D eigenvalue weighted by Crippen LogP contribution is -2.44. The van der Waals surface area contributed by atoms with E-state index in [-0.39, 0.29) is 6.03 Å². The van der Waals surface area contributed by atoms with Crippen molar-refractivity contribution in [1.82, 2.24) is 14.9 Å². The van der Waals surface area contributed by atoms with Gasteiger partial charge in [0.2, 0.25) is 0 Å². The molecule has 2 aliphatic rings. The Balaban J connectivity index is 1.63. The molecule has 8 nitrogen and oxygen atoms in total. The zero-order chi connectivity index (χ0) is 21.6. The molecule has 1 fully saturated rings. The average molecular weight is 439 g/mol. The predicted octanol–water partition coefficient (Wildman–Crippen LogP) is 3.23. The van der Waals surface area contributed by atoms with Crippen molar-refractivity contribution < 1.29 is 9.53 Å². The van der Waals surface area contributed by atoms with Crippen LogP contribution in [-0.2, 0) is 19.6 Å². The number of hydrogen-bond acceptors (Lipinski definition) is 6. The highest BCUT2D eigenvalue weighted by Gasteiger charge is 2.31. The Morgan fingerprint density at radius 2 is 1.97 bits per heavy atom. The zero-order valence-corrected chi connectivity index (χ0v) is 18.4. The number of ether oxygens (including phenoxy) is 1. The first-order valence-electron chi connectivity index (χ1n) is 10.2. The summed E-state index contributed by atoms with van der Waals surface area (Å²) in [6.07, 6.45) is 3.19. The molecule has 31 heavy (non-hydrogen) atoms. The third-order valence-corrected chi connectivity index (χ3v) is 6.27. The Morgan fingerprint density at radius 3 is 2.68 bits per heavy atom. The molecule has 0 unspecified atom stereocenters. The van der Waals surface area contributed by atoms with Gasteiger partial charge in [-0.05, 0) is 36.0 Å². The van der Waals surface area contributed by atoms with E-state index in [0.29, 0.717) is 13.1 Å². The minimum Gasteiger partial charge on any atom is -0.497 e. The van der Waals surface area contributed by atoms with Crippen molar-refractivity contribution in [3.05, 3.63) is 53.3 Å². The van der Waals surface area contributed by atoms with Crippen molar-refractivity contribution in [3.8, 4) is 5.75 Å². The van der Waals surface area contributed by atoms with Crippen LogP contribution in [0, 0.1) is 0 Å². The van der Waals surface area contributed by atoms with Crippen LogP contribution < -0.4 is 9.64 Å². The molecule has 3 heterocycles. The minimum atomic E-state index is -0.212. The van der Waals surface area contributed by atoms with Gasteiger partial charge in [-0.15, -0.1) is 0 Å². The second-order valence-electron chi connectivity index (χ2n) is 7.39. The van der Waals surface area contributed by atoms with Gasteiger partial charge in [-0.3, -0.25) is 19.8 Å². The number of pyridine rings is 1. The molecule has 4 rings (SSSR count). The molecule has 9 heteroatoms. The Morgan fingerprint density at radius 1 is 1.19 bits per heavy atom. The van der Waals surface area contributed by atoms with Crippen LogP contribution in [0.15, 0.2) is 46.6 Å². The first kappa shape index (κ1) is 21.3. The van der Waals surface area contributed by atoms with Crippen LogP contribution in [0.1, 0.15) is 16.8 Å². The highest BCUT2D eigenvalue weighted by atomic mass is 32.2. The van der Waals surface area contributed by atoms with Gasteiger partial charge in [0.1, 0.15) is 12.1 Å². The van der Waals surface area contributed by atoms with Gasteiger partial charge in [-0.25, -0.2) is 9.80 Å². The average Bonchev–Trinajstić information content (AvgIpc) is 2.81. The molecule has 1 aromatic heterocycles. The molecule has 2 aromatic rings. The summed E-state index contributed by atoms with van der Waals surface area (Å²) in [4.78, 5) is 25.7. The fourth-order valence-electron chi connectivity index (χ4n) is 3.69. The molecule has 0 spiro atoms. The Hall–Kier alpha value is -2.91. The van der Waals surface area contributed by atoms with Crippen LogP contribution in [0.2, 0.25) is 0 Å². The van der Waals surface area contributed by atoms with Crippen LogP contribution in [0.25, 0.3) is 0 Å². The first-order valence-corrected chi connectivity index (χ1v) is 11.3. The van der Waals surface area contributed by atoms with Crippen LogP contribution >= 0.6 is 11.8 Å². The van der Waals surface area contributed by atoms with Gasteiger partial charge in [0.05, 0.1) is 31.6 Å². The maximum Gasteiger partial charge on any atom is 0.345 e. The third-order valence-electron chi connectivity index (χ3n) is 5.33. The number of hydrazone groups is 1. The van der Waals surface area contributed by atoms with Gasteiger partial charge in [-0.2, -0.15) is 16.9 Å². The van der Waals surface area contributed by atoms with Crippen molar-refractivity contribution in [1.29, 1.82) is 0 Å². The van der Waals surface area contributed by atoms with Gasteiger partial charge in [-0.1, -0.05) is 12.1 Å². The smallest absolute Gasteiger partial charge is 0.345 e. The maximum atomic E-state index is 13.2. The number of anilines is 1. The number of aliphatic imine (C=N–C) groups is 1. The molecule has 0 radical (unpaired) electrons. The maximum absolute atomic E-state index is 13.2. The van der Waals surface area contributed by atoms with Crippen LogP contribution in [-0.4, -0.2) is 65.7 Å². The Labute approximate surface area is 186 Å². The van der Waals surface area contributed by atoms with Gasteiger partial charge >= 0.3 is 6.03 Å². The van der Waals surface area contributed by atoms with Crippen LogP contribution in [0.5, 0.6) is 5.75 Å². The van der Waals surface area contributed by atoms with E-state index in [2.05, 4.69) is 32.8 Å². The summed E-state index contributed by atoms with van der Waals surface area (Å²) in [5.74, 6) is 3.09. The first-order chi connectivity index (χ1) is 15.2. The summed E-state index contributed by atoms with van der Waals surface area (Å²) >= 11 is 1.99. The molecular formula is C22H26N6O2S. The van der Waals surface area contributed by atoms with Crippen LogP contribution in [0.3, 0.4) is 0 Å². The fraction of sp³-hybridized carbons (Fsp3) is 0.364. The van der Waals surface area contributed by atoms with E-state index in [9.17, 15) is 4.79 Å². The number of carbonyl (C=O) groups is 1. The number of urea groups is 1. The molecule has 162 valence electrons. The largest absolute Gasteiger partial charge is 0.497 e. The molecular weight excluding hydrogens is 412 g/mol. The highest BCUT2D eigenvalue weighted by molar-refractivity contribution is 7.99. The molecule has 0 aliphatic carbocycles. The number of nitrogens with zero attached hydrogens (tertiary/aromatic N) is 6. The zero-order valence-electron chi connectivity index (χ0n) is 17.6. The topological polar surface area (TPSA) is 73.6 Å².